The van der Waals surface area contributed by atoms with Crippen LogP contribution in [0.3, 0.4) is 0 Å². The average molecular weight is 519 g/mol. The molecule has 36 heavy (non-hydrogen) atoms. The number of hydrogen-bond acceptors (Lipinski definition) is 10. The number of morpholine rings is 1. The summed E-state index contributed by atoms with van der Waals surface area (Å²) in [7, 11) is 0. The van der Waals surface area contributed by atoms with Gasteiger partial charge in [-0.3, -0.25) is 9.59 Å². The maximum atomic E-state index is 13.8. The number of aromatic nitrogens is 5. The monoisotopic (exact) mass is 518 g/mol. The molecule has 2 N–H and O–H groups in total. The second kappa shape index (κ2) is 10.0. The summed E-state index contributed by atoms with van der Waals surface area (Å²) in [5.41, 5.74) is 2.13. The maximum Gasteiger partial charge on any atom is 0.248 e. The first-order valence-electron chi connectivity index (χ1n) is 12.5. The van der Waals surface area contributed by atoms with Gasteiger partial charge in [0.2, 0.25) is 16.9 Å². The number of amides is 2. The Labute approximate surface area is 214 Å². The molecule has 2 saturated heterocycles. The molecule has 1 aliphatic carbocycles. The zero-order valence-corrected chi connectivity index (χ0v) is 21.7. The number of β-amino-alcohol motifs (C(OH)–C–C–N with tert-alkyl or cyclic N) is 1. The van der Waals surface area contributed by atoms with E-state index < -0.39 is 23.6 Å². The highest BCUT2D eigenvalue weighted by molar-refractivity contribution is 7.13. The van der Waals surface area contributed by atoms with Crippen LogP contribution in [0, 0.1) is 5.41 Å². The lowest BCUT2D eigenvalue weighted by Gasteiger charge is -2.35. The van der Waals surface area contributed by atoms with Gasteiger partial charge >= 0.3 is 0 Å². The van der Waals surface area contributed by atoms with Gasteiger partial charge in [-0.05, 0) is 18.3 Å². The Morgan fingerprint density at radius 3 is 2.78 bits per heavy atom. The molecule has 2 aromatic rings. The van der Waals surface area contributed by atoms with Crippen molar-refractivity contribution in [3.05, 3.63) is 17.4 Å². The van der Waals surface area contributed by atoms with Crippen molar-refractivity contribution in [2.75, 3.05) is 37.7 Å². The summed E-state index contributed by atoms with van der Waals surface area (Å²) in [4.78, 5) is 30.7. The molecule has 2 aliphatic heterocycles. The normalized spacial score (nSPS) is 25.7. The molecule has 0 radical (unpaired) electrons. The second-order valence-corrected chi connectivity index (χ2v) is 11.8. The fourth-order valence-electron chi connectivity index (χ4n) is 4.98. The Bertz CT molecular complexity index is 1070. The molecule has 0 spiro atoms. The molecule has 2 aromatic heterocycles. The zero-order valence-electron chi connectivity index (χ0n) is 20.9. The predicted octanol–water partition coefficient (Wildman–Crippen LogP) is 0.578. The van der Waals surface area contributed by atoms with Crippen LogP contribution in [0.15, 0.2) is 11.7 Å². The van der Waals surface area contributed by atoms with Crippen molar-refractivity contribution in [3.63, 3.8) is 0 Å². The molecule has 4 atom stereocenters. The van der Waals surface area contributed by atoms with E-state index in [2.05, 4.69) is 30.7 Å². The standard InChI is InChI=1S/C23H34N8O4S/c1-23(2,3)19(31-12-17(26-28-31)14-4-5-14)21(34)30-10-15(32)8-18(30)20(33)24-9-16-11-29(6-7-35-16)22-27-25-13-36-22/h12-16,18-19,32H,4-11H2,1-3H3,(H,24,33)/t15?,16?,18?,19-/m1/s1. The Hall–Kier alpha value is -2.64. The Kier molecular flexibility index (Phi) is 6.97. The Balaban J connectivity index is 1.25. The van der Waals surface area contributed by atoms with E-state index in [9.17, 15) is 14.7 Å². The van der Waals surface area contributed by atoms with Gasteiger partial charge in [-0.2, -0.15) is 0 Å². The van der Waals surface area contributed by atoms with Crippen LogP contribution in [0.2, 0.25) is 0 Å². The number of rotatable bonds is 7. The largest absolute Gasteiger partial charge is 0.391 e. The lowest BCUT2D eigenvalue weighted by Crippen LogP contribution is -2.53. The molecule has 3 unspecified atom stereocenters. The minimum absolute atomic E-state index is 0.110. The first-order chi connectivity index (χ1) is 17.2. The average Bonchev–Trinajstić information content (AvgIpc) is 3.22. The number of anilines is 1. The SMILES string of the molecule is CC(C)(C)[C@@H](C(=O)N1CC(O)CC1C(=O)NCC1CN(c2nncs2)CCO1)n1cc(C2CC2)nn1. The van der Waals surface area contributed by atoms with Crippen LogP contribution in [0.25, 0.3) is 0 Å². The Morgan fingerprint density at radius 1 is 1.28 bits per heavy atom. The van der Waals surface area contributed by atoms with Gasteiger partial charge in [0.05, 0.1) is 24.5 Å². The van der Waals surface area contributed by atoms with Crippen LogP contribution >= 0.6 is 11.3 Å². The van der Waals surface area contributed by atoms with E-state index in [0.717, 1.165) is 30.2 Å². The summed E-state index contributed by atoms with van der Waals surface area (Å²) in [6, 6.07) is -1.40. The third kappa shape index (κ3) is 5.37. The van der Waals surface area contributed by atoms with Gasteiger partial charge in [0, 0.05) is 44.7 Å². The van der Waals surface area contributed by atoms with Gasteiger partial charge in [-0.15, -0.1) is 15.3 Å². The molecule has 13 heteroatoms. The van der Waals surface area contributed by atoms with Crippen LogP contribution in [-0.4, -0.2) is 98.0 Å². The number of hydrogen-bond donors (Lipinski definition) is 2. The zero-order chi connectivity index (χ0) is 25.4. The van der Waals surface area contributed by atoms with Crippen molar-refractivity contribution in [2.45, 2.75) is 70.2 Å². The minimum Gasteiger partial charge on any atom is -0.391 e. The van der Waals surface area contributed by atoms with Gasteiger partial charge in [0.1, 0.15) is 17.6 Å². The smallest absolute Gasteiger partial charge is 0.248 e. The third-order valence-corrected chi connectivity index (χ3v) is 7.72. The number of aliphatic hydroxyl groups is 1. The molecule has 12 nitrogen and oxygen atoms in total. The summed E-state index contributed by atoms with van der Waals surface area (Å²) >= 11 is 1.47. The summed E-state index contributed by atoms with van der Waals surface area (Å²) in [5, 5.41) is 30.8. The molecular weight excluding hydrogens is 484 g/mol. The van der Waals surface area contributed by atoms with Crippen molar-refractivity contribution >= 4 is 28.3 Å². The number of carbonyl (C=O) groups is 2. The van der Waals surface area contributed by atoms with Crippen molar-refractivity contribution in [1.29, 1.82) is 0 Å². The molecule has 5 rings (SSSR count). The summed E-state index contributed by atoms with van der Waals surface area (Å²) in [6.45, 7) is 8.17. The topological polar surface area (TPSA) is 139 Å². The van der Waals surface area contributed by atoms with E-state index in [4.69, 9.17) is 4.74 Å². The first kappa shape index (κ1) is 25.0. The van der Waals surface area contributed by atoms with Crippen LogP contribution in [0.5, 0.6) is 0 Å². The molecule has 0 bridgehead atoms. The van der Waals surface area contributed by atoms with E-state index in [1.165, 1.54) is 16.2 Å². The third-order valence-electron chi connectivity index (χ3n) is 6.97. The molecule has 1 saturated carbocycles. The van der Waals surface area contributed by atoms with Crippen molar-refractivity contribution < 1.29 is 19.4 Å². The van der Waals surface area contributed by atoms with Gasteiger partial charge in [0.15, 0.2) is 0 Å². The van der Waals surface area contributed by atoms with E-state index >= 15 is 0 Å². The summed E-state index contributed by atoms with van der Waals surface area (Å²) in [5.74, 6) is -0.101. The number of ether oxygens (including phenoxy) is 1. The highest BCUT2D eigenvalue weighted by Gasteiger charge is 2.45. The van der Waals surface area contributed by atoms with E-state index in [1.807, 2.05) is 27.0 Å². The van der Waals surface area contributed by atoms with Gasteiger partial charge in [-0.1, -0.05) is 37.3 Å². The number of likely N-dealkylation sites (tertiary alicyclic amines) is 1. The highest BCUT2D eigenvalue weighted by atomic mass is 32.1. The van der Waals surface area contributed by atoms with Crippen LogP contribution < -0.4 is 10.2 Å². The van der Waals surface area contributed by atoms with E-state index in [0.29, 0.717) is 25.6 Å². The lowest BCUT2D eigenvalue weighted by atomic mass is 9.85. The van der Waals surface area contributed by atoms with E-state index in [-0.39, 0.29) is 30.9 Å². The second-order valence-electron chi connectivity index (χ2n) is 11.0. The van der Waals surface area contributed by atoms with Crippen molar-refractivity contribution in [2.24, 2.45) is 5.41 Å². The maximum absolute atomic E-state index is 13.8. The van der Waals surface area contributed by atoms with Crippen LogP contribution in [0.4, 0.5) is 5.13 Å². The highest BCUT2D eigenvalue weighted by Crippen LogP contribution is 2.40. The number of nitrogens with zero attached hydrogens (tertiary/aromatic N) is 7. The fourth-order valence-corrected chi connectivity index (χ4v) is 5.58. The fraction of sp³-hybridized carbons (Fsp3) is 0.739. The number of nitrogens with one attached hydrogen (secondary N) is 1. The van der Waals surface area contributed by atoms with Gasteiger partial charge < -0.3 is 25.0 Å². The van der Waals surface area contributed by atoms with Gasteiger partial charge in [-0.25, -0.2) is 4.68 Å². The van der Waals surface area contributed by atoms with Crippen molar-refractivity contribution in [1.82, 2.24) is 35.4 Å². The van der Waals surface area contributed by atoms with Gasteiger partial charge in [0.25, 0.3) is 0 Å². The minimum atomic E-state index is -0.762. The quantitative estimate of drug-likeness (QED) is 0.539. The molecule has 196 valence electrons. The molecule has 3 fully saturated rings. The Morgan fingerprint density at radius 2 is 2.08 bits per heavy atom. The van der Waals surface area contributed by atoms with E-state index in [1.54, 1.807) is 10.2 Å². The van der Waals surface area contributed by atoms with Crippen molar-refractivity contribution in [3.8, 4) is 0 Å². The van der Waals surface area contributed by atoms with Crippen LogP contribution in [0.1, 0.15) is 57.7 Å². The number of carbonyl (C=O) groups excluding carboxylic acids is 2. The molecule has 3 aliphatic rings. The lowest BCUT2D eigenvalue weighted by molar-refractivity contribution is -0.144. The molecule has 2 amide bonds. The predicted molar refractivity (Wildman–Crippen MR) is 131 cm³/mol. The summed E-state index contributed by atoms with van der Waals surface area (Å²) < 4.78 is 7.47. The molecule has 0 aromatic carbocycles. The summed E-state index contributed by atoms with van der Waals surface area (Å²) in [6.07, 6.45) is 3.27. The molecule has 4 heterocycles. The first-order valence-corrected chi connectivity index (χ1v) is 13.4. The molecular formula is C23H34N8O4S. The van der Waals surface area contributed by atoms with Crippen LogP contribution in [-0.2, 0) is 14.3 Å². The number of aliphatic hydroxyl groups excluding tert-OH is 1.